The summed E-state index contributed by atoms with van der Waals surface area (Å²) < 4.78 is 20.4. The fourth-order valence-corrected chi connectivity index (χ4v) is 1.90. The lowest BCUT2D eigenvalue weighted by Gasteiger charge is -2.28. The Hall–Kier alpha value is -1.63. The van der Waals surface area contributed by atoms with Crippen LogP contribution in [-0.2, 0) is 23.7 Å². The van der Waals surface area contributed by atoms with Crippen LogP contribution in [0.15, 0.2) is 30.3 Å². The second kappa shape index (κ2) is 7.97. The highest BCUT2D eigenvalue weighted by atomic mass is 35.5. The Bertz CT molecular complexity index is 470. The fraction of sp³-hybridized carbons (Fsp3) is 0.429. The molecule has 0 bridgehead atoms. The molecule has 0 unspecified atom stereocenters. The van der Waals surface area contributed by atoms with Crippen molar-refractivity contribution in [3.8, 4) is 0 Å². The van der Waals surface area contributed by atoms with Gasteiger partial charge in [0.05, 0.1) is 13.2 Å². The molecule has 1 aliphatic heterocycles. The summed E-state index contributed by atoms with van der Waals surface area (Å²) in [5.74, 6) is -0.941. The van der Waals surface area contributed by atoms with Gasteiger partial charge in [0.2, 0.25) is 0 Å². The molecule has 0 spiro atoms. The van der Waals surface area contributed by atoms with Gasteiger partial charge in [-0.2, -0.15) is 0 Å². The number of rotatable bonds is 5. The summed E-state index contributed by atoms with van der Waals surface area (Å²) in [5.41, 5.74) is -0.0283. The third-order valence-electron chi connectivity index (χ3n) is 2.85. The normalized spacial score (nSPS) is 21.6. The number of benzene rings is 1. The molecule has 1 heterocycles. The van der Waals surface area contributed by atoms with E-state index in [2.05, 4.69) is 4.74 Å². The summed E-state index contributed by atoms with van der Waals surface area (Å²) in [6, 6.07) is 9.47. The Labute approximate surface area is 126 Å². The van der Waals surface area contributed by atoms with Gasteiger partial charge in [-0.3, -0.25) is 4.79 Å². The molecule has 1 aromatic carbocycles. The van der Waals surface area contributed by atoms with E-state index in [1.807, 2.05) is 30.3 Å². The van der Waals surface area contributed by atoms with E-state index in [-0.39, 0.29) is 26.4 Å². The second-order valence-electron chi connectivity index (χ2n) is 4.36. The zero-order valence-corrected chi connectivity index (χ0v) is 12.0. The van der Waals surface area contributed by atoms with E-state index < -0.39 is 23.6 Å². The van der Waals surface area contributed by atoms with Crippen molar-refractivity contribution >= 4 is 23.0 Å². The second-order valence-corrected chi connectivity index (χ2v) is 4.67. The molecule has 1 saturated heterocycles. The van der Waals surface area contributed by atoms with Gasteiger partial charge in [-0.25, -0.2) is 4.79 Å². The Morgan fingerprint density at radius 3 is 2.33 bits per heavy atom. The van der Waals surface area contributed by atoms with Gasteiger partial charge in [0, 0.05) is 17.2 Å². The molecule has 21 heavy (non-hydrogen) atoms. The molecule has 1 aromatic rings. The molecule has 0 amide bonds. The van der Waals surface area contributed by atoms with Crippen LogP contribution in [0.25, 0.3) is 0 Å². The van der Waals surface area contributed by atoms with Crippen molar-refractivity contribution in [2.75, 3.05) is 26.4 Å². The largest absolute Gasteiger partial charge is 0.462 e. The number of halogens is 1. The third-order valence-corrected chi connectivity index (χ3v) is 2.95. The van der Waals surface area contributed by atoms with Crippen molar-refractivity contribution in [2.45, 2.75) is 6.29 Å². The topological polar surface area (TPSA) is 71.1 Å². The summed E-state index contributed by atoms with van der Waals surface area (Å²) in [6.07, 6.45) is -0.465. The van der Waals surface area contributed by atoms with Crippen LogP contribution in [0.4, 0.5) is 4.79 Å². The SMILES string of the molecule is O=C(Cl)OCCOC(=O)C1COC(c2ccccc2)OC1. The van der Waals surface area contributed by atoms with Crippen LogP contribution in [0.2, 0.25) is 0 Å². The van der Waals surface area contributed by atoms with E-state index in [1.165, 1.54) is 0 Å². The number of hydrogen-bond acceptors (Lipinski definition) is 6. The van der Waals surface area contributed by atoms with E-state index in [1.54, 1.807) is 0 Å². The average Bonchev–Trinajstić information content (AvgIpc) is 2.52. The Morgan fingerprint density at radius 1 is 1.10 bits per heavy atom. The van der Waals surface area contributed by atoms with Gasteiger partial charge in [-0.05, 0) is 0 Å². The van der Waals surface area contributed by atoms with E-state index in [4.69, 9.17) is 25.8 Å². The lowest BCUT2D eigenvalue weighted by atomic mass is 10.1. The predicted molar refractivity (Wildman–Crippen MR) is 72.7 cm³/mol. The molecule has 2 rings (SSSR count). The molecule has 0 atom stereocenters. The molecule has 6 nitrogen and oxygen atoms in total. The summed E-state index contributed by atoms with van der Waals surface area (Å²) in [4.78, 5) is 22.1. The van der Waals surface area contributed by atoms with Gasteiger partial charge in [-0.15, -0.1) is 0 Å². The van der Waals surface area contributed by atoms with E-state index in [0.29, 0.717) is 0 Å². The average molecular weight is 315 g/mol. The highest BCUT2D eigenvalue weighted by molar-refractivity contribution is 6.61. The molecular weight excluding hydrogens is 300 g/mol. The molecule has 1 fully saturated rings. The Morgan fingerprint density at radius 2 is 1.71 bits per heavy atom. The van der Waals surface area contributed by atoms with Crippen molar-refractivity contribution in [2.24, 2.45) is 5.92 Å². The van der Waals surface area contributed by atoms with Crippen molar-refractivity contribution in [1.29, 1.82) is 0 Å². The van der Waals surface area contributed by atoms with Crippen molar-refractivity contribution in [3.05, 3.63) is 35.9 Å². The smallest absolute Gasteiger partial charge is 0.403 e. The van der Waals surface area contributed by atoms with E-state index in [9.17, 15) is 9.59 Å². The van der Waals surface area contributed by atoms with Gasteiger partial charge >= 0.3 is 11.4 Å². The van der Waals surface area contributed by atoms with Gasteiger partial charge in [0.15, 0.2) is 6.29 Å². The molecular formula is C14H15ClO6. The summed E-state index contributed by atoms with van der Waals surface area (Å²) in [5, 5.41) is 0. The summed E-state index contributed by atoms with van der Waals surface area (Å²) in [6.45, 7) is 0.312. The minimum atomic E-state index is -0.930. The quantitative estimate of drug-likeness (QED) is 0.471. The first-order valence-electron chi connectivity index (χ1n) is 6.44. The van der Waals surface area contributed by atoms with Crippen LogP contribution in [0, 0.1) is 5.92 Å². The van der Waals surface area contributed by atoms with Gasteiger partial charge in [0.25, 0.3) is 0 Å². The zero-order chi connectivity index (χ0) is 15.1. The lowest BCUT2D eigenvalue weighted by Crippen LogP contribution is -2.34. The Kier molecular flexibility index (Phi) is 5.98. The van der Waals surface area contributed by atoms with Crippen LogP contribution in [-0.4, -0.2) is 37.8 Å². The molecule has 7 heteroatoms. The number of hydrogen-bond donors (Lipinski definition) is 0. The zero-order valence-electron chi connectivity index (χ0n) is 11.2. The number of esters is 1. The van der Waals surface area contributed by atoms with Crippen LogP contribution in [0.5, 0.6) is 0 Å². The van der Waals surface area contributed by atoms with E-state index >= 15 is 0 Å². The molecule has 0 radical (unpaired) electrons. The number of carbonyl (C=O) groups is 2. The fourth-order valence-electron chi connectivity index (χ4n) is 1.82. The third kappa shape index (κ3) is 5.00. The van der Waals surface area contributed by atoms with E-state index in [0.717, 1.165) is 5.56 Å². The monoisotopic (exact) mass is 314 g/mol. The van der Waals surface area contributed by atoms with Crippen molar-refractivity contribution in [1.82, 2.24) is 0 Å². The van der Waals surface area contributed by atoms with Crippen molar-refractivity contribution < 1.29 is 28.5 Å². The predicted octanol–water partition coefficient (Wildman–Crippen LogP) is 2.27. The minimum Gasteiger partial charge on any atom is -0.462 e. The van der Waals surface area contributed by atoms with Gasteiger partial charge in [0.1, 0.15) is 19.1 Å². The highest BCUT2D eigenvalue weighted by Gasteiger charge is 2.29. The van der Waals surface area contributed by atoms with Crippen LogP contribution in [0.1, 0.15) is 11.9 Å². The summed E-state index contributed by atoms with van der Waals surface area (Å²) >= 11 is 4.97. The molecule has 0 N–H and O–H groups in total. The van der Waals surface area contributed by atoms with Crippen LogP contribution in [0.3, 0.4) is 0 Å². The maximum absolute atomic E-state index is 11.7. The maximum atomic E-state index is 11.7. The first-order valence-corrected chi connectivity index (χ1v) is 6.81. The van der Waals surface area contributed by atoms with Crippen molar-refractivity contribution in [3.63, 3.8) is 0 Å². The molecule has 0 aliphatic carbocycles. The first kappa shape index (κ1) is 15.8. The number of carbonyl (C=O) groups excluding carboxylic acids is 2. The van der Waals surface area contributed by atoms with Gasteiger partial charge < -0.3 is 18.9 Å². The molecule has 114 valence electrons. The molecule has 0 aromatic heterocycles. The minimum absolute atomic E-state index is 0.0457. The first-order chi connectivity index (χ1) is 10.2. The standard InChI is InChI=1S/C14H15ClO6/c15-14(17)19-7-6-18-12(16)11-8-20-13(21-9-11)10-4-2-1-3-5-10/h1-5,11,13H,6-9H2. The van der Waals surface area contributed by atoms with Crippen LogP contribution >= 0.6 is 11.6 Å². The van der Waals surface area contributed by atoms with Crippen LogP contribution < -0.4 is 0 Å². The maximum Gasteiger partial charge on any atom is 0.403 e. The molecule has 1 aliphatic rings. The molecule has 0 saturated carbocycles. The lowest BCUT2D eigenvalue weighted by molar-refractivity contribution is -0.213. The number of ether oxygens (including phenoxy) is 4. The van der Waals surface area contributed by atoms with Gasteiger partial charge in [-0.1, -0.05) is 30.3 Å². The summed E-state index contributed by atoms with van der Waals surface area (Å²) in [7, 11) is 0. The Balaban J connectivity index is 1.71. The highest BCUT2D eigenvalue weighted by Crippen LogP contribution is 2.25.